The Morgan fingerprint density at radius 3 is 2.88 bits per heavy atom. The van der Waals surface area contributed by atoms with Gasteiger partial charge in [0.1, 0.15) is 11.6 Å². The number of halogens is 1. The van der Waals surface area contributed by atoms with Crippen LogP contribution in [0.2, 0.25) is 0 Å². The van der Waals surface area contributed by atoms with Crippen molar-refractivity contribution in [2.75, 3.05) is 32.1 Å². The molecule has 2 N–H and O–H groups in total. The largest absolute Gasteiger partial charge is 0.385 e. The van der Waals surface area contributed by atoms with Crippen LogP contribution in [0.3, 0.4) is 0 Å². The van der Waals surface area contributed by atoms with Crippen LogP contribution in [-0.4, -0.2) is 37.7 Å². The lowest BCUT2D eigenvalue weighted by Gasteiger charge is -2.08. The number of aromatic nitrogens is 1. The predicted octanol–water partition coefficient (Wildman–Crippen LogP) is 2.64. The second-order valence-corrected chi connectivity index (χ2v) is 5.30. The number of ether oxygens (including phenoxy) is 1. The topological polar surface area (TPSA) is 63.2 Å². The quantitative estimate of drug-likeness (QED) is 0.694. The van der Waals surface area contributed by atoms with E-state index in [1.54, 1.807) is 43.6 Å². The molecule has 0 saturated heterocycles. The van der Waals surface area contributed by atoms with E-state index in [1.165, 1.54) is 6.07 Å². The van der Waals surface area contributed by atoms with Gasteiger partial charge in [-0.3, -0.25) is 4.79 Å². The number of rotatable bonds is 9. The Balaban J connectivity index is 1.82. The number of carbonyl (C=O) groups excluding carboxylic acids is 1. The smallest absolute Gasteiger partial charge is 0.251 e. The van der Waals surface area contributed by atoms with Crippen molar-refractivity contribution < 1.29 is 13.9 Å². The molecule has 5 nitrogen and oxygen atoms in total. The number of amides is 1. The molecular formula is C18H22FN3O2. The molecule has 0 aliphatic heterocycles. The minimum Gasteiger partial charge on any atom is -0.385 e. The number of benzene rings is 1. The molecule has 0 aliphatic rings. The first-order valence-corrected chi connectivity index (χ1v) is 7.91. The van der Waals surface area contributed by atoms with Gasteiger partial charge in [0.2, 0.25) is 0 Å². The molecule has 0 atom stereocenters. The Morgan fingerprint density at radius 2 is 2.08 bits per heavy atom. The zero-order valence-electron chi connectivity index (χ0n) is 13.7. The normalized spacial score (nSPS) is 10.4. The van der Waals surface area contributed by atoms with Gasteiger partial charge in [0.25, 0.3) is 5.91 Å². The van der Waals surface area contributed by atoms with Crippen LogP contribution >= 0.6 is 0 Å². The van der Waals surface area contributed by atoms with Crippen LogP contribution < -0.4 is 10.6 Å². The molecule has 128 valence electrons. The monoisotopic (exact) mass is 331 g/mol. The van der Waals surface area contributed by atoms with Crippen LogP contribution in [0.25, 0.3) is 0 Å². The number of hydrogen-bond donors (Lipinski definition) is 2. The molecule has 0 saturated carbocycles. The van der Waals surface area contributed by atoms with Crippen molar-refractivity contribution in [3.05, 3.63) is 59.5 Å². The van der Waals surface area contributed by atoms with Crippen molar-refractivity contribution in [3.63, 3.8) is 0 Å². The van der Waals surface area contributed by atoms with Crippen LogP contribution in [0, 0.1) is 5.82 Å². The summed E-state index contributed by atoms with van der Waals surface area (Å²) in [5.74, 6) is 0.194. The number of carbonyl (C=O) groups is 1. The molecule has 2 aromatic rings. The molecule has 1 aromatic heterocycles. The van der Waals surface area contributed by atoms with E-state index in [1.807, 2.05) is 0 Å². The van der Waals surface area contributed by atoms with E-state index in [4.69, 9.17) is 4.74 Å². The van der Waals surface area contributed by atoms with Gasteiger partial charge >= 0.3 is 0 Å². The van der Waals surface area contributed by atoms with E-state index in [0.717, 1.165) is 13.0 Å². The molecule has 1 aromatic carbocycles. The van der Waals surface area contributed by atoms with Crippen LogP contribution in [0.1, 0.15) is 22.3 Å². The standard InChI is InChI=1S/C18H22FN3O2/c1-24-12-4-9-20-17-13-15(8-10-21-17)18(23)22-11-7-14-5-2-3-6-16(14)19/h2-3,5-6,8,10,13H,4,7,9,11-12H2,1H3,(H,20,21)(H,22,23). The summed E-state index contributed by atoms with van der Waals surface area (Å²) in [6.07, 6.45) is 2.90. The third-order valence-electron chi connectivity index (χ3n) is 3.49. The number of anilines is 1. The van der Waals surface area contributed by atoms with E-state index >= 15 is 0 Å². The Labute approximate surface area is 141 Å². The van der Waals surface area contributed by atoms with E-state index in [0.29, 0.717) is 36.5 Å². The van der Waals surface area contributed by atoms with E-state index in [2.05, 4.69) is 15.6 Å². The van der Waals surface area contributed by atoms with Crippen LogP contribution in [0.4, 0.5) is 10.2 Å². The van der Waals surface area contributed by atoms with Crippen molar-refractivity contribution >= 4 is 11.7 Å². The van der Waals surface area contributed by atoms with Gasteiger partial charge in [-0.25, -0.2) is 9.37 Å². The second kappa shape index (κ2) is 9.62. The fraction of sp³-hybridized carbons (Fsp3) is 0.333. The van der Waals surface area contributed by atoms with Crippen molar-refractivity contribution in [2.24, 2.45) is 0 Å². The van der Waals surface area contributed by atoms with Gasteiger partial charge in [-0.2, -0.15) is 0 Å². The lowest BCUT2D eigenvalue weighted by molar-refractivity contribution is 0.0954. The number of pyridine rings is 1. The summed E-state index contributed by atoms with van der Waals surface area (Å²) in [5, 5.41) is 5.94. The van der Waals surface area contributed by atoms with Gasteiger partial charge in [-0.15, -0.1) is 0 Å². The lowest BCUT2D eigenvalue weighted by Crippen LogP contribution is -2.26. The summed E-state index contributed by atoms with van der Waals surface area (Å²) in [4.78, 5) is 16.3. The Bertz CT molecular complexity index is 664. The lowest BCUT2D eigenvalue weighted by atomic mass is 10.1. The van der Waals surface area contributed by atoms with Gasteiger partial charge in [-0.1, -0.05) is 18.2 Å². The first-order valence-electron chi connectivity index (χ1n) is 7.91. The third-order valence-corrected chi connectivity index (χ3v) is 3.49. The average molecular weight is 331 g/mol. The van der Waals surface area contributed by atoms with Crippen molar-refractivity contribution in [1.29, 1.82) is 0 Å². The molecule has 0 spiro atoms. The molecule has 0 unspecified atom stereocenters. The maximum Gasteiger partial charge on any atom is 0.251 e. The highest BCUT2D eigenvalue weighted by Crippen LogP contribution is 2.08. The highest BCUT2D eigenvalue weighted by atomic mass is 19.1. The van der Waals surface area contributed by atoms with Gasteiger partial charge in [0.05, 0.1) is 0 Å². The third kappa shape index (κ3) is 5.62. The molecule has 0 fully saturated rings. The van der Waals surface area contributed by atoms with Gasteiger partial charge in [0, 0.05) is 38.6 Å². The maximum absolute atomic E-state index is 13.5. The second-order valence-electron chi connectivity index (χ2n) is 5.30. The van der Waals surface area contributed by atoms with Gasteiger partial charge in [0.15, 0.2) is 0 Å². The Morgan fingerprint density at radius 1 is 1.25 bits per heavy atom. The molecule has 6 heteroatoms. The summed E-state index contributed by atoms with van der Waals surface area (Å²) in [7, 11) is 1.66. The maximum atomic E-state index is 13.5. The Kier molecular flexibility index (Phi) is 7.17. The van der Waals surface area contributed by atoms with E-state index in [-0.39, 0.29) is 11.7 Å². The molecular weight excluding hydrogens is 309 g/mol. The average Bonchev–Trinajstić information content (AvgIpc) is 2.60. The molecule has 0 bridgehead atoms. The van der Waals surface area contributed by atoms with Crippen LogP contribution in [0.15, 0.2) is 42.6 Å². The number of nitrogens with zero attached hydrogens (tertiary/aromatic N) is 1. The Hall–Kier alpha value is -2.47. The molecule has 1 heterocycles. The summed E-state index contributed by atoms with van der Waals surface area (Å²) in [5.41, 5.74) is 1.11. The summed E-state index contributed by atoms with van der Waals surface area (Å²) in [6.45, 7) is 1.76. The first-order chi connectivity index (χ1) is 11.7. The molecule has 0 aliphatic carbocycles. The minimum atomic E-state index is -0.252. The molecule has 2 rings (SSSR count). The van der Waals surface area contributed by atoms with Crippen LogP contribution in [0.5, 0.6) is 0 Å². The number of nitrogens with one attached hydrogen (secondary N) is 2. The van der Waals surface area contributed by atoms with E-state index in [9.17, 15) is 9.18 Å². The fourth-order valence-corrected chi connectivity index (χ4v) is 2.22. The van der Waals surface area contributed by atoms with Gasteiger partial charge < -0.3 is 15.4 Å². The fourth-order valence-electron chi connectivity index (χ4n) is 2.22. The zero-order chi connectivity index (χ0) is 17.2. The molecule has 24 heavy (non-hydrogen) atoms. The van der Waals surface area contributed by atoms with Crippen molar-refractivity contribution in [2.45, 2.75) is 12.8 Å². The minimum absolute atomic E-state index is 0.200. The zero-order valence-corrected chi connectivity index (χ0v) is 13.7. The summed E-state index contributed by atoms with van der Waals surface area (Å²) in [6, 6.07) is 9.92. The molecule has 1 amide bonds. The number of hydrogen-bond acceptors (Lipinski definition) is 4. The highest BCUT2D eigenvalue weighted by molar-refractivity contribution is 5.94. The number of methoxy groups -OCH3 is 1. The summed E-state index contributed by atoms with van der Waals surface area (Å²) >= 11 is 0. The summed E-state index contributed by atoms with van der Waals surface area (Å²) < 4.78 is 18.5. The van der Waals surface area contributed by atoms with Gasteiger partial charge in [-0.05, 0) is 36.6 Å². The van der Waals surface area contributed by atoms with E-state index < -0.39 is 0 Å². The highest BCUT2D eigenvalue weighted by Gasteiger charge is 2.07. The van der Waals surface area contributed by atoms with Crippen LogP contribution in [-0.2, 0) is 11.2 Å². The SMILES string of the molecule is COCCCNc1cc(C(=O)NCCc2ccccc2F)ccn1. The first kappa shape index (κ1) is 17.9. The van der Waals surface area contributed by atoms with Crippen molar-refractivity contribution in [3.8, 4) is 0 Å². The van der Waals surface area contributed by atoms with Crippen molar-refractivity contribution in [1.82, 2.24) is 10.3 Å². The predicted molar refractivity (Wildman–Crippen MR) is 91.7 cm³/mol. The molecule has 0 radical (unpaired) electrons.